The van der Waals surface area contributed by atoms with E-state index in [9.17, 15) is 24.0 Å². The summed E-state index contributed by atoms with van der Waals surface area (Å²) in [6, 6.07) is -4.53. The largest absolute Gasteiger partial charge is 0.481 e. The van der Waals surface area contributed by atoms with Crippen LogP contribution in [0, 0.1) is 11.8 Å². The van der Waals surface area contributed by atoms with E-state index in [4.69, 9.17) is 15.9 Å². The molecule has 7 N–H and O–H groups in total. The molecule has 0 aromatic heterocycles. The number of carboxylic acids is 2. The maximum atomic E-state index is 12.6. The molecule has 0 aromatic carbocycles. The van der Waals surface area contributed by atoms with Gasteiger partial charge in [0.15, 0.2) is 0 Å². The number of hydrogen-bond acceptors (Lipinski definition) is 6. The molecule has 0 aliphatic carbocycles. The zero-order valence-corrected chi connectivity index (χ0v) is 17.4. The maximum absolute atomic E-state index is 12.6. The van der Waals surface area contributed by atoms with E-state index in [1.807, 2.05) is 0 Å². The van der Waals surface area contributed by atoms with Gasteiger partial charge in [-0.25, -0.2) is 4.79 Å². The third kappa shape index (κ3) is 8.90. The van der Waals surface area contributed by atoms with E-state index < -0.39 is 60.2 Å². The summed E-state index contributed by atoms with van der Waals surface area (Å²) < 4.78 is 0. The molecule has 0 fully saturated rings. The fraction of sp³-hybridized carbons (Fsp3) is 0.722. The first-order valence-electron chi connectivity index (χ1n) is 9.43. The van der Waals surface area contributed by atoms with Crippen molar-refractivity contribution in [2.24, 2.45) is 17.6 Å². The van der Waals surface area contributed by atoms with E-state index in [1.54, 1.807) is 27.7 Å². The van der Waals surface area contributed by atoms with Crippen molar-refractivity contribution in [1.82, 2.24) is 16.0 Å². The van der Waals surface area contributed by atoms with E-state index in [0.29, 0.717) is 6.42 Å². The number of carboxylic acid groups (broad SMARTS) is 2. The first-order valence-corrected chi connectivity index (χ1v) is 9.43. The molecule has 166 valence electrons. The zero-order chi connectivity index (χ0) is 22.9. The monoisotopic (exact) mass is 416 g/mol. The summed E-state index contributed by atoms with van der Waals surface area (Å²) in [5.74, 6) is -5.26. The number of rotatable bonds is 12. The molecule has 11 heteroatoms. The van der Waals surface area contributed by atoms with Crippen LogP contribution in [0.1, 0.15) is 47.5 Å². The second-order valence-corrected chi connectivity index (χ2v) is 7.37. The molecule has 0 heterocycles. The van der Waals surface area contributed by atoms with E-state index in [2.05, 4.69) is 16.0 Å². The summed E-state index contributed by atoms with van der Waals surface area (Å²) in [6.45, 7) is 8.16. The molecule has 0 saturated heterocycles. The van der Waals surface area contributed by atoms with Crippen molar-refractivity contribution in [3.8, 4) is 0 Å². The van der Waals surface area contributed by atoms with E-state index in [-0.39, 0.29) is 11.8 Å². The Bertz CT molecular complexity index is 623. The van der Waals surface area contributed by atoms with Gasteiger partial charge in [0.2, 0.25) is 17.7 Å². The topological polar surface area (TPSA) is 188 Å². The number of nitrogens with one attached hydrogen (secondary N) is 3. The molecular formula is C18H32N4O7. The lowest BCUT2D eigenvalue weighted by Gasteiger charge is -2.27. The number of aliphatic carboxylic acids is 2. The first kappa shape index (κ1) is 26.3. The standard InChI is InChI=1S/C18H32N4O7/c1-6-9(4)14(22-16(26)11(19)7-12(23)24)17(27)20-10(5)15(25)21-13(8(2)3)18(28)29/h8-11,13-14H,6-7,19H2,1-5H3,(H,20,27)(H,21,25)(H,22,26)(H,23,24)(H,28,29). The highest BCUT2D eigenvalue weighted by molar-refractivity contribution is 5.94. The fourth-order valence-electron chi connectivity index (χ4n) is 2.40. The van der Waals surface area contributed by atoms with Crippen LogP contribution in [0.3, 0.4) is 0 Å². The smallest absolute Gasteiger partial charge is 0.326 e. The molecule has 0 rings (SSSR count). The lowest BCUT2D eigenvalue weighted by atomic mass is 9.97. The third-order valence-electron chi connectivity index (χ3n) is 4.51. The molecule has 5 atom stereocenters. The first-order chi connectivity index (χ1) is 13.3. The Labute approximate surface area is 169 Å². The number of amides is 3. The van der Waals surface area contributed by atoms with Crippen LogP contribution < -0.4 is 21.7 Å². The molecule has 0 saturated carbocycles. The van der Waals surface area contributed by atoms with Crippen LogP contribution in [0.25, 0.3) is 0 Å². The van der Waals surface area contributed by atoms with Crippen molar-refractivity contribution >= 4 is 29.7 Å². The van der Waals surface area contributed by atoms with Gasteiger partial charge in [-0.15, -0.1) is 0 Å². The van der Waals surface area contributed by atoms with Gasteiger partial charge in [-0.1, -0.05) is 34.1 Å². The number of carbonyl (C=O) groups excluding carboxylic acids is 3. The Balaban J connectivity index is 5.13. The van der Waals surface area contributed by atoms with Gasteiger partial charge in [0.05, 0.1) is 12.5 Å². The Kier molecular flexibility index (Phi) is 10.9. The van der Waals surface area contributed by atoms with Gasteiger partial charge in [-0.05, 0) is 18.8 Å². The van der Waals surface area contributed by atoms with Crippen molar-refractivity contribution in [2.75, 3.05) is 0 Å². The molecule has 0 aliphatic rings. The number of nitrogens with two attached hydrogens (primary N) is 1. The summed E-state index contributed by atoms with van der Waals surface area (Å²) in [4.78, 5) is 58.9. The van der Waals surface area contributed by atoms with Crippen LogP contribution >= 0.6 is 0 Å². The van der Waals surface area contributed by atoms with Gasteiger partial charge in [0.1, 0.15) is 18.1 Å². The molecule has 3 amide bonds. The lowest BCUT2D eigenvalue weighted by molar-refractivity contribution is -0.143. The average Bonchev–Trinajstić information content (AvgIpc) is 2.61. The van der Waals surface area contributed by atoms with Crippen LogP contribution in [0.4, 0.5) is 0 Å². The van der Waals surface area contributed by atoms with Crippen molar-refractivity contribution < 1.29 is 34.2 Å². The van der Waals surface area contributed by atoms with Gasteiger partial charge < -0.3 is 31.9 Å². The van der Waals surface area contributed by atoms with Crippen LogP contribution in [0.15, 0.2) is 0 Å². The summed E-state index contributed by atoms with van der Waals surface area (Å²) in [6.07, 6.45) is -0.0766. The number of carbonyl (C=O) groups is 5. The van der Waals surface area contributed by atoms with Gasteiger partial charge in [-0.2, -0.15) is 0 Å². The predicted octanol–water partition coefficient (Wildman–Crippen LogP) is -0.951. The summed E-state index contributed by atoms with van der Waals surface area (Å²) in [7, 11) is 0. The second-order valence-electron chi connectivity index (χ2n) is 7.37. The molecule has 0 radical (unpaired) electrons. The Morgan fingerprint density at radius 2 is 1.34 bits per heavy atom. The Morgan fingerprint density at radius 1 is 0.828 bits per heavy atom. The van der Waals surface area contributed by atoms with Crippen molar-refractivity contribution in [3.05, 3.63) is 0 Å². The minimum Gasteiger partial charge on any atom is -0.481 e. The van der Waals surface area contributed by atoms with E-state index in [0.717, 1.165) is 0 Å². The quantitative estimate of drug-likeness (QED) is 0.235. The summed E-state index contributed by atoms with van der Waals surface area (Å²) in [5, 5.41) is 25.1. The van der Waals surface area contributed by atoms with Gasteiger partial charge in [-0.3, -0.25) is 19.2 Å². The fourth-order valence-corrected chi connectivity index (χ4v) is 2.40. The van der Waals surface area contributed by atoms with Crippen molar-refractivity contribution in [2.45, 2.75) is 71.6 Å². The number of hydrogen-bond donors (Lipinski definition) is 6. The van der Waals surface area contributed by atoms with Crippen molar-refractivity contribution in [3.63, 3.8) is 0 Å². The summed E-state index contributed by atoms with van der Waals surface area (Å²) >= 11 is 0. The lowest BCUT2D eigenvalue weighted by Crippen LogP contribution is -2.58. The third-order valence-corrected chi connectivity index (χ3v) is 4.51. The molecule has 0 bridgehead atoms. The van der Waals surface area contributed by atoms with E-state index in [1.165, 1.54) is 6.92 Å². The molecule has 11 nitrogen and oxygen atoms in total. The zero-order valence-electron chi connectivity index (χ0n) is 17.4. The van der Waals surface area contributed by atoms with Gasteiger partial charge in [0.25, 0.3) is 0 Å². The van der Waals surface area contributed by atoms with Gasteiger partial charge in [0, 0.05) is 0 Å². The molecule has 0 aliphatic heterocycles. The minimum atomic E-state index is -1.32. The normalized spacial score (nSPS) is 16.1. The molecule has 29 heavy (non-hydrogen) atoms. The molecule has 0 aromatic rings. The molecule has 0 spiro atoms. The minimum absolute atomic E-state index is 0.325. The highest BCUT2D eigenvalue weighted by Crippen LogP contribution is 2.09. The SMILES string of the molecule is CCC(C)C(NC(=O)C(N)CC(=O)O)C(=O)NC(C)C(=O)NC(C(=O)O)C(C)C. The van der Waals surface area contributed by atoms with Gasteiger partial charge >= 0.3 is 11.9 Å². The Morgan fingerprint density at radius 3 is 1.76 bits per heavy atom. The van der Waals surface area contributed by atoms with Crippen LogP contribution in [-0.4, -0.2) is 64.0 Å². The molecular weight excluding hydrogens is 384 g/mol. The molecule has 5 unspecified atom stereocenters. The Hall–Kier alpha value is -2.69. The highest BCUT2D eigenvalue weighted by atomic mass is 16.4. The van der Waals surface area contributed by atoms with Crippen LogP contribution in [0.5, 0.6) is 0 Å². The van der Waals surface area contributed by atoms with Crippen molar-refractivity contribution in [1.29, 1.82) is 0 Å². The van der Waals surface area contributed by atoms with Crippen LogP contribution in [-0.2, 0) is 24.0 Å². The second kappa shape index (κ2) is 12.0. The van der Waals surface area contributed by atoms with Crippen LogP contribution in [0.2, 0.25) is 0 Å². The van der Waals surface area contributed by atoms with E-state index >= 15 is 0 Å². The predicted molar refractivity (Wildman–Crippen MR) is 104 cm³/mol. The average molecular weight is 416 g/mol. The maximum Gasteiger partial charge on any atom is 0.326 e. The highest BCUT2D eigenvalue weighted by Gasteiger charge is 2.31. The summed E-state index contributed by atoms with van der Waals surface area (Å²) in [5.41, 5.74) is 5.52.